The van der Waals surface area contributed by atoms with Gasteiger partial charge in [0, 0.05) is 0 Å². The normalized spacial score (nSPS) is 21.8. The minimum atomic E-state index is -5.90. The summed E-state index contributed by atoms with van der Waals surface area (Å²) >= 11 is 0. The molecule has 3 nitrogen and oxygen atoms in total. The summed E-state index contributed by atoms with van der Waals surface area (Å²) in [5, 5.41) is 9.07. The molecule has 0 aliphatic carbocycles. The third-order valence-electron chi connectivity index (χ3n) is 4.04. The molecule has 1 heterocycles. The zero-order valence-corrected chi connectivity index (χ0v) is 13.2. The van der Waals surface area contributed by atoms with Crippen LogP contribution in [0, 0.1) is 5.92 Å². The van der Waals surface area contributed by atoms with E-state index >= 15 is 0 Å². The number of hydrogen-bond donors (Lipinski definition) is 1. The molecule has 1 aromatic rings. The lowest BCUT2D eigenvalue weighted by molar-refractivity contribution is -0.315. The smallest absolute Gasteiger partial charge is 0.457 e. The summed E-state index contributed by atoms with van der Waals surface area (Å²) in [6, 6.07) is 4.59. The average Bonchev–Trinajstić information content (AvgIpc) is 2.42. The van der Waals surface area contributed by atoms with Gasteiger partial charge in [-0.25, -0.2) is 0 Å². The third kappa shape index (κ3) is 3.18. The molecule has 0 saturated heterocycles. The van der Waals surface area contributed by atoms with Gasteiger partial charge in [-0.15, -0.1) is 0 Å². The number of ether oxygens (including phenoxy) is 1. The second-order valence-electron chi connectivity index (χ2n) is 6.88. The number of carboxylic acids is 1. The summed E-state index contributed by atoms with van der Waals surface area (Å²) < 4.78 is 70.4. The van der Waals surface area contributed by atoms with Crippen LogP contribution in [0.5, 0.6) is 5.75 Å². The molecule has 0 saturated carbocycles. The molecule has 24 heavy (non-hydrogen) atoms. The quantitative estimate of drug-likeness (QED) is 0.812. The number of rotatable bonds is 2. The van der Waals surface area contributed by atoms with E-state index in [1.54, 1.807) is 6.07 Å². The maximum atomic E-state index is 13.7. The molecule has 1 aromatic carbocycles. The van der Waals surface area contributed by atoms with Gasteiger partial charge < -0.3 is 9.84 Å². The predicted molar refractivity (Wildman–Crippen MR) is 75.4 cm³/mol. The highest BCUT2D eigenvalue weighted by Gasteiger charge is 2.67. The lowest BCUT2D eigenvalue weighted by atomic mass is 9.83. The van der Waals surface area contributed by atoms with Gasteiger partial charge in [0.2, 0.25) is 0 Å². The molecular weight excluding hydrogens is 335 g/mol. The minimum absolute atomic E-state index is 0.131. The number of halogens is 5. The van der Waals surface area contributed by atoms with Crippen molar-refractivity contribution in [3.8, 4) is 5.75 Å². The molecule has 0 unspecified atom stereocenters. The van der Waals surface area contributed by atoms with Gasteiger partial charge in [-0.05, 0) is 29.0 Å². The lowest BCUT2D eigenvalue weighted by Gasteiger charge is -2.37. The summed E-state index contributed by atoms with van der Waals surface area (Å²) in [6.45, 7) is 5.54. The number of fused-ring (bicyclic) bond motifs is 1. The number of aliphatic carboxylic acids is 1. The van der Waals surface area contributed by atoms with Crippen molar-refractivity contribution in [1.29, 1.82) is 0 Å². The Morgan fingerprint density at radius 2 is 1.75 bits per heavy atom. The second kappa shape index (κ2) is 5.60. The molecule has 0 radical (unpaired) electrons. The Hall–Kier alpha value is -1.86. The first kappa shape index (κ1) is 18.5. The molecule has 0 fully saturated rings. The number of alkyl halides is 5. The number of carboxylic acid groups (broad SMARTS) is 1. The molecule has 0 spiro atoms. The van der Waals surface area contributed by atoms with Gasteiger partial charge in [-0.2, -0.15) is 22.0 Å². The molecule has 2 atom stereocenters. The van der Waals surface area contributed by atoms with Crippen LogP contribution in [0.15, 0.2) is 18.2 Å². The minimum Gasteiger partial charge on any atom is -0.483 e. The fourth-order valence-corrected chi connectivity index (χ4v) is 2.57. The van der Waals surface area contributed by atoms with Gasteiger partial charge in [0.05, 0.1) is 0 Å². The van der Waals surface area contributed by atoms with Crippen LogP contribution >= 0.6 is 0 Å². The van der Waals surface area contributed by atoms with Crippen LogP contribution in [-0.2, 0) is 16.6 Å². The van der Waals surface area contributed by atoms with Crippen molar-refractivity contribution in [2.45, 2.75) is 50.8 Å². The van der Waals surface area contributed by atoms with E-state index in [0.717, 1.165) is 0 Å². The topological polar surface area (TPSA) is 46.5 Å². The summed E-state index contributed by atoms with van der Waals surface area (Å²) in [6.07, 6.45) is -9.16. The van der Waals surface area contributed by atoms with E-state index in [4.69, 9.17) is 9.84 Å². The Morgan fingerprint density at radius 3 is 2.21 bits per heavy atom. The van der Waals surface area contributed by atoms with E-state index in [0.29, 0.717) is 11.1 Å². The van der Waals surface area contributed by atoms with Gasteiger partial charge in [-0.3, -0.25) is 4.79 Å². The highest BCUT2D eigenvalue weighted by atomic mass is 19.4. The zero-order valence-electron chi connectivity index (χ0n) is 13.2. The second-order valence-corrected chi connectivity index (χ2v) is 6.88. The summed E-state index contributed by atoms with van der Waals surface area (Å²) in [5.74, 6) is -9.15. The number of hydrogen-bond acceptors (Lipinski definition) is 2. The Balaban J connectivity index is 2.50. The fraction of sp³-hybridized carbons (Fsp3) is 0.562. The maximum Gasteiger partial charge on any atom is 0.457 e. The van der Waals surface area contributed by atoms with Crippen LogP contribution in [0.4, 0.5) is 22.0 Å². The summed E-state index contributed by atoms with van der Waals surface area (Å²) in [7, 11) is 0. The highest BCUT2D eigenvalue weighted by molar-refractivity contribution is 5.72. The number of carbonyl (C=O) groups is 1. The predicted octanol–water partition coefficient (Wildman–Crippen LogP) is 4.19. The van der Waals surface area contributed by atoms with Crippen LogP contribution in [0.3, 0.4) is 0 Å². The lowest BCUT2D eigenvalue weighted by Crippen LogP contribution is -2.56. The van der Waals surface area contributed by atoms with Crippen LogP contribution in [0.25, 0.3) is 0 Å². The van der Waals surface area contributed by atoms with Gasteiger partial charge in [-0.1, -0.05) is 32.9 Å². The Labute approximate surface area is 135 Å². The van der Waals surface area contributed by atoms with Gasteiger partial charge in [0.15, 0.2) is 6.10 Å². The monoisotopic (exact) mass is 352 g/mol. The van der Waals surface area contributed by atoms with Crippen molar-refractivity contribution in [2.75, 3.05) is 0 Å². The molecule has 1 aliphatic heterocycles. The Morgan fingerprint density at radius 1 is 1.17 bits per heavy atom. The van der Waals surface area contributed by atoms with E-state index in [1.807, 2.05) is 20.8 Å². The van der Waals surface area contributed by atoms with Crippen LogP contribution in [0.2, 0.25) is 0 Å². The summed E-state index contributed by atoms with van der Waals surface area (Å²) in [4.78, 5) is 11.2. The standard InChI is InChI=1S/C16H17F5O3/c1-14(2,3)9-5-4-8-6-10(13(22)23)12(24-11(8)7-9)15(17,18)16(19,20)21/h4-5,7,10,12H,6H2,1-3H3,(H,22,23)/t10-,12+/m1/s1. The largest absolute Gasteiger partial charge is 0.483 e. The maximum absolute atomic E-state index is 13.7. The molecule has 2 rings (SSSR count). The van der Waals surface area contributed by atoms with E-state index < -0.39 is 36.5 Å². The van der Waals surface area contributed by atoms with Gasteiger partial charge in [0.1, 0.15) is 11.7 Å². The van der Waals surface area contributed by atoms with E-state index in [9.17, 15) is 26.7 Å². The molecular formula is C16H17F5O3. The Kier molecular flexibility index (Phi) is 4.31. The first-order valence-electron chi connectivity index (χ1n) is 7.22. The summed E-state index contributed by atoms with van der Waals surface area (Å²) in [5.41, 5.74) is 0.609. The van der Waals surface area contributed by atoms with Crippen LogP contribution in [-0.4, -0.2) is 29.3 Å². The molecule has 0 aromatic heterocycles. The van der Waals surface area contributed by atoms with Crippen molar-refractivity contribution in [1.82, 2.24) is 0 Å². The van der Waals surface area contributed by atoms with Crippen molar-refractivity contribution in [2.24, 2.45) is 5.92 Å². The highest BCUT2D eigenvalue weighted by Crippen LogP contribution is 2.46. The fourth-order valence-electron chi connectivity index (χ4n) is 2.57. The molecule has 1 N–H and O–H groups in total. The van der Waals surface area contributed by atoms with Crippen LogP contribution in [0.1, 0.15) is 31.9 Å². The van der Waals surface area contributed by atoms with E-state index in [-0.39, 0.29) is 11.2 Å². The average molecular weight is 352 g/mol. The van der Waals surface area contributed by atoms with Gasteiger partial charge in [0.25, 0.3) is 0 Å². The number of benzene rings is 1. The zero-order chi connectivity index (χ0) is 18.5. The first-order chi connectivity index (χ1) is 10.7. The molecule has 0 amide bonds. The Bertz CT molecular complexity index is 646. The van der Waals surface area contributed by atoms with Crippen molar-refractivity contribution in [3.05, 3.63) is 29.3 Å². The van der Waals surface area contributed by atoms with E-state index in [2.05, 4.69) is 0 Å². The van der Waals surface area contributed by atoms with Crippen LogP contribution < -0.4 is 4.74 Å². The molecule has 134 valence electrons. The van der Waals surface area contributed by atoms with Crippen molar-refractivity contribution in [3.63, 3.8) is 0 Å². The van der Waals surface area contributed by atoms with E-state index in [1.165, 1.54) is 12.1 Å². The van der Waals surface area contributed by atoms with Crippen molar-refractivity contribution >= 4 is 5.97 Å². The third-order valence-corrected chi connectivity index (χ3v) is 4.04. The SMILES string of the molecule is CC(C)(C)c1ccc2c(c1)O[C@H](C(F)(F)C(F)(F)F)[C@H](C(=O)O)C2. The van der Waals surface area contributed by atoms with Gasteiger partial charge >= 0.3 is 18.1 Å². The molecule has 0 bridgehead atoms. The molecule has 1 aliphatic rings. The van der Waals surface area contributed by atoms with Crippen molar-refractivity contribution < 1.29 is 36.6 Å². The molecule has 8 heteroatoms. The first-order valence-corrected chi connectivity index (χ1v) is 7.22.